The van der Waals surface area contributed by atoms with Gasteiger partial charge in [0.25, 0.3) is 0 Å². The van der Waals surface area contributed by atoms with Gasteiger partial charge >= 0.3 is 134 Å². The van der Waals surface area contributed by atoms with Gasteiger partial charge in [0, 0.05) is 57.0 Å². The van der Waals surface area contributed by atoms with Crippen molar-refractivity contribution in [1.29, 1.82) is 0 Å². The molecular weight excluding hydrogens is 1810 g/mol. The summed E-state index contributed by atoms with van der Waals surface area (Å²) in [5.74, 6) is -4.02. The molecule has 0 amide bonds. The first kappa shape index (κ1) is 112. The number of phenolic OH excluding ortho intramolecular Hbond substituents is 2. The number of hydrogen-bond acceptors (Lipinski definition) is 31. The molecule has 0 bridgehead atoms. The van der Waals surface area contributed by atoms with E-state index in [1.165, 1.54) is 83.1 Å². The van der Waals surface area contributed by atoms with Gasteiger partial charge in [-0.2, -0.15) is 16.8 Å². The van der Waals surface area contributed by atoms with Gasteiger partial charge in [-0.1, -0.05) is 92.5 Å². The number of rotatable bonds is 32. The summed E-state index contributed by atoms with van der Waals surface area (Å²) in [7, 11) is -2.26. The molecule has 36 heteroatoms. The van der Waals surface area contributed by atoms with Crippen molar-refractivity contribution in [3.63, 3.8) is 0 Å². The zero-order chi connectivity index (χ0) is 98.6. The van der Waals surface area contributed by atoms with Crippen molar-refractivity contribution in [3.8, 4) is 23.0 Å². The Kier molecular flexibility index (Phi) is 48.9. The normalized spacial score (nSPS) is 21.5. The number of ether oxygens (including phenoxy) is 11. The number of hydrogen-bond donors (Lipinski definition) is 3. The van der Waals surface area contributed by atoms with Crippen molar-refractivity contribution < 1.29 is 151 Å². The molecule has 5 aromatic rings. The van der Waals surface area contributed by atoms with Crippen LogP contribution in [-0.4, -0.2) is 220 Å². The topological polar surface area (TPSA) is 469 Å². The number of aromatic hydroxyl groups is 2. The van der Waals surface area contributed by atoms with Gasteiger partial charge in [-0.3, -0.25) is 38.4 Å². The van der Waals surface area contributed by atoms with Crippen LogP contribution in [0.3, 0.4) is 0 Å². The maximum absolute atomic E-state index is 13.8. The van der Waals surface area contributed by atoms with Crippen LogP contribution >= 0.6 is 0 Å². The summed E-state index contributed by atoms with van der Waals surface area (Å²) in [6.45, 7) is 11.9. The summed E-state index contributed by atoms with van der Waals surface area (Å²) in [5.41, 5.74) is 0.315. The average Bonchev–Trinajstić information content (AvgIpc) is 0.776. The minimum atomic E-state index is -2.95. The van der Waals surface area contributed by atoms with E-state index in [0.29, 0.717) is 153 Å². The number of ketones is 2. The Morgan fingerprint density at radius 1 is 0.370 bits per heavy atom. The fourth-order valence-corrected chi connectivity index (χ4v) is 18.5. The number of carboxylic acids is 1. The summed E-state index contributed by atoms with van der Waals surface area (Å²) in [5, 5.41) is 30.6. The van der Waals surface area contributed by atoms with Gasteiger partial charge < -0.3 is 67.4 Å². The first-order chi connectivity index (χ1) is 64.9. The Bertz CT molecular complexity index is 5240. The number of aliphatic carboxylic acids is 1. The second kappa shape index (κ2) is 59.1. The third kappa shape index (κ3) is 34.8. The van der Waals surface area contributed by atoms with Gasteiger partial charge in [-0.15, -0.1) is 0 Å². The number of esters is 11. The molecule has 135 heavy (non-hydrogen) atoms. The van der Waals surface area contributed by atoms with E-state index < -0.39 is 72.1 Å². The van der Waals surface area contributed by atoms with E-state index in [0.717, 1.165) is 153 Å². The van der Waals surface area contributed by atoms with Crippen LogP contribution in [0.15, 0.2) is 135 Å². The third-order valence-electron chi connectivity index (χ3n) is 25.9. The minimum absolute atomic E-state index is 0.00444. The molecule has 722 valence electrons. The molecule has 0 aromatic heterocycles. The number of carbonyl (C=O) groups is 14. The summed E-state index contributed by atoms with van der Waals surface area (Å²) < 4.78 is 93.9. The van der Waals surface area contributed by atoms with Gasteiger partial charge in [0.15, 0.2) is 11.5 Å². The number of fused-ring (bicyclic) bond motifs is 3. The fraction of sp³-hybridized carbons (Fsp3) is 0.515. The van der Waals surface area contributed by atoms with E-state index in [1.54, 1.807) is 60.7 Å². The van der Waals surface area contributed by atoms with Crippen molar-refractivity contribution in [1.82, 2.24) is 0 Å². The predicted octanol–water partition coefficient (Wildman–Crippen LogP) is 14.6. The van der Waals surface area contributed by atoms with E-state index in [9.17, 15) is 77.3 Å². The number of benzene rings is 5. The fourth-order valence-electron chi connectivity index (χ4n) is 18.5. The molecule has 0 radical (unpaired) electrons. The Balaban J connectivity index is 0.000000296. The Labute approximate surface area is 816 Å². The Morgan fingerprint density at radius 3 is 1.02 bits per heavy atom. The molecule has 5 aromatic carbocycles. The van der Waals surface area contributed by atoms with Crippen LogP contribution in [0.1, 0.15) is 234 Å². The number of carboxylic acid groups (broad SMARTS) is 1. The quantitative estimate of drug-likeness (QED) is 0.00526. The van der Waals surface area contributed by atoms with Crippen molar-refractivity contribution in [2.24, 2.45) is 71.0 Å². The molecule has 7 aliphatic carbocycles. The molecule has 3 N–H and O–H groups in total. The molecular formula is C99H120Na2O32S2. The standard InChI is InChI=1S/C54H70O14.C21H32O6.C12H10O4.C12H8O4.2Na.O4S2/c1-4-47(55)63-30-8-10-32-65-50(57)39-22-14-35(15-23-39)37-18-26-41(27-19-37)52(59)67-46-34-45(54(61)62-3)49(44-13-7-6-12-43(44)46)68-53(60)42-28-20-38(21-29-42)36-16-24-40(25-17-36)51(58)66-33-11-9-31-64-48(56)5-2;1-2-19(22)26-13-3-4-14-27-21(25)18-11-7-16(8-12-18)15-5-9-17(10-6-15)20(23)24;2*1-16-12(15)9-6-10(13)7-4-2-3-5-8(7)11(9)14;;;1-5(2)6(3)4/h4-7,12-13,34-42H,1-2,8-11,14-33H2,3H3;2,15-18H,1,3-14H2,(H,23,24);2-6,13-14H,1H3;2-6H,1H3;;;. The number of allylic oxidation sites excluding steroid dienone is 1. The van der Waals surface area contributed by atoms with Gasteiger partial charge in [0.2, 0.25) is 5.78 Å². The number of Topliss-reactive ketones (excluding diaryl/α,β-unsaturated/α-hetero) is 1. The van der Waals surface area contributed by atoms with Crippen LogP contribution in [0.2, 0.25) is 0 Å². The van der Waals surface area contributed by atoms with Gasteiger partial charge in [-0.05, 0) is 240 Å². The van der Waals surface area contributed by atoms with E-state index in [1.807, 2.05) is 6.07 Å². The first-order valence-corrected chi connectivity index (χ1v) is 57.0. The summed E-state index contributed by atoms with van der Waals surface area (Å²) in [6.07, 6.45) is 28.8. The second-order valence-electron chi connectivity index (χ2n) is 33.9. The first-order valence-electron chi connectivity index (χ1n) is 46.3. The van der Waals surface area contributed by atoms with Crippen LogP contribution in [0.4, 0.5) is 0 Å². The molecule has 32 nitrogen and oxygen atoms in total. The molecule has 0 spiro atoms. The van der Waals surface area contributed by atoms with E-state index >= 15 is 0 Å². The molecule has 0 aliphatic heterocycles. The van der Waals surface area contributed by atoms with Crippen LogP contribution < -0.4 is 9.47 Å². The van der Waals surface area contributed by atoms with Gasteiger partial charge in [-0.25, -0.2) is 28.8 Å². The molecule has 6 saturated carbocycles. The molecule has 12 rings (SSSR count). The SMILES string of the molecule is C=CC(=O)OCCCCOC(=O)C1CCC(C2CCC(C(=O)O)CC2)CC1.C=CC(=O)OCCCCOC(=O)C1CCC(C2CCC(C(=O)Oc3cc(C(=O)OC)c(OC(=O)C4CCC(C5CCC(C(=O)OCCCCOC(=O)C=C)CC5)CC4)c4ccccc34)CC2)CC1.COC(=O)C1=CC(=O)c2ccccc2C1=O.COC(=O)c1cc(O)c2ccccc2c1O.O=S(=O)=S(=O)=O.[Na][Na]. The third-order valence-corrected chi connectivity index (χ3v) is 26.8. The zero-order valence-electron chi connectivity index (χ0n) is 77.4. The van der Waals surface area contributed by atoms with Crippen molar-refractivity contribution >= 4 is 167 Å². The van der Waals surface area contributed by atoms with Crippen LogP contribution in [0, 0.1) is 71.0 Å². The molecule has 0 heterocycles. The van der Waals surface area contributed by atoms with E-state index in [4.69, 9.17) is 64.6 Å². The number of unbranched alkanes of at least 4 members (excludes halogenated alkanes) is 3. The predicted molar refractivity (Wildman–Crippen MR) is 494 cm³/mol. The molecule has 7 aliphatic rings. The molecule has 6 fully saturated rings. The van der Waals surface area contributed by atoms with Crippen molar-refractivity contribution in [2.45, 2.75) is 193 Å². The molecule has 0 atom stereocenters. The van der Waals surface area contributed by atoms with E-state index in [2.05, 4.69) is 29.2 Å². The maximum atomic E-state index is 13.8. The van der Waals surface area contributed by atoms with Crippen LogP contribution in [-0.2, 0) is 109 Å². The monoisotopic (exact) mass is 1930 g/mol. The number of carbonyl (C=O) groups excluding carboxylic acids is 13. The summed E-state index contributed by atoms with van der Waals surface area (Å²) >= 11 is 2.89. The van der Waals surface area contributed by atoms with E-state index in [-0.39, 0.29) is 124 Å². The van der Waals surface area contributed by atoms with Gasteiger partial charge in [0.05, 0.1) is 96.5 Å². The summed E-state index contributed by atoms with van der Waals surface area (Å²) in [4.78, 5) is 169. The second-order valence-corrected chi connectivity index (χ2v) is 36.4. The van der Waals surface area contributed by atoms with Crippen molar-refractivity contribution in [2.75, 3.05) is 61.0 Å². The number of methoxy groups -OCH3 is 3. The Morgan fingerprint density at radius 2 is 0.674 bits per heavy atom. The summed E-state index contributed by atoms with van der Waals surface area (Å²) in [6, 6.07) is 22.9. The van der Waals surface area contributed by atoms with Gasteiger partial charge in [0.1, 0.15) is 33.9 Å². The molecule has 0 unspecified atom stereocenters. The van der Waals surface area contributed by atoms with Crippen molar-refractivity contribution in [3.05, 3.63) is 157 Å². The van der Waals surface area contributed by atoms with Crippen LogP contribution in [0.5, 0.6) is 23.0 Å². The average molecular weight is 1930 g/mol. The Hall–Kier alpha value is -10.2. The van der Waals surface area contributed by atoms with Crippen LogP contribution in [0.25, 0.3) is 21.5 Å². The number of phenols is 2. The molecule has 0 saturated heterocycles. The zero-order valence-corrected chi connectivity index (χ0v) is 83.0.